The van der Waals surface area contributed by atoms with Crippen LogP contribution in [0.2, 0.25) is 0 Å². The summed E-state index contributed by atoms with van der Waals surface area (Å²) >= 11 is 0. The van der Waals surface area contributed by atoms with Crippen molar-refractivity contribution in [3.05, 3.63) is 11.7 Å². The van der Waals surface area contributed by atoms with Crippen LogP contribution in [-0.4, -0.2) is 39.2 Å². The summed E-state index contributed by atoms with van der Waals surface area (Å²) in [5.41, 5.74) is 0. The molecule has 2 rings (SSSR count). The molecule has 0 spiro atoms. The van der Waals surface area contributed by atoms with Gasteiger partial charge in [0.15, 0.2) is 5.82 Å². The molecule has 1 aromatic heterocycles. The van der Waals surface area contributed by atoms with E-state index >= 15 is 0 Å². The van der Waals surface area contributed by atoms with E-state index in [9.17, 15) is 4.79 Å². The van der Waals surface area contributed by atoms with Gasteiger partial charge in [-0.25, -0.2) is 0 Å². The van der Waals surface area contributed by atoms with Crippen LogP contribution in [0.15, 0.2) is 4.52 Å². The quantitative estimate of drug-likeness (QED) is 0.810. The van der Waals surface area contributed by atoms with Crippen molar-refractivity contribution in [2.24, 2.45) is 5.92 Å². The Morgan fingerprint density at radius 3 is 3.16 bits per heavy atom. The molecule has 1 saturated heterocycles. The van der Waals surface area contributed by atoms with E-state index in [1.807, 2.05) is 0 Å². The number of aliphatic carboxylic acids is 1. The Morgan fingerprint density at radius 1 is 1.58 bits per heavy atom. The van der Waals surface area contributed by atoms with Crippen LogP contribution >= 0.6 is 0 Å². The maximum Gasteiger partial charge on any atom is 0.303 e. The van der Waals surface area contributed by atoms with Crippen molar-refractivity contribution in [3.63, 3.8) is 0 Å². The monoisotopic (exact) mass is 267 g/mol. The second-order valence-electron chi connectivity index (χ2n) is 5.20. The summed E-state index contributed by atoms with van der Waals surface area (Å²) in [7, 11) is 0. The summed E-state index contributed by atoms with van der Waals surface area (Å²) in [4.78, 5) is 17.2. The average molecular weight is 267 g/mol. The number of rotatable bonds is 7. The first-order chi connectivity index (χ1) is 9.17. The summed E-state index contributed by atoms with van der Waals surface area (Å²) in [6.07, 6.45) is 4.24. The third-order valence-corrected chi connectivity index (χ3v) is 3.46. The molecular formula is C13H21N3O3. The fraction of sp³-hybridized carbons (Fsp3) is 0.769. The lowest BCUT2D eigenvalue weighted by Crippen LogP contribution is -2.21. The molecule has 6 heteroatoms. The number of likely N-dealkylation sites (tertiary alicyclic amines) is 1. The fourth-order valence-corrected chi connectivity index (χ4v) is 2.45. The number of hydrogen-bond acceptors (Lipinski definition) is 5. The third kappa shape index (κ3) is 4.31. The fourth-order valence-electron chi connectivity index (χ4n) is 2.45. The van der Waals surface area contributed by atoms with Gasteiger partial charge in [-0.1, -0.05) is 18.5 Å². The lowest BCUT2D eigenvalue weighted by molar-refractivity contribution is -0.138. The van der Waals surface area contributed by atoms with Gasteiger partial charge >= 0.3 is 5.97 Å². The van der Waals surface area contributed by atoms with E-state index in [1.54, 1.807) is 0 Å². The van der Waals surface area contributed by atoms with Gasteiger partial charge in [0.2, 0.25) is 5.89 Å². The highest BCUT2D eigenvalue weighted by Gasteiger charge is 2.25. The van der Waals surface area contributed by atoms with Gasteiger partial charge in [-0.2, -0.15) is 4.98 Å². The minimum atomic E-state index is -0.716. The van der Waals surface area contributed by atoms with Gasteiger partial charge in [0.25, 0.3) is 0 Å². The van der Waals surface area contributed by atoms with Gasteiger partial charge in [0.05, 0.1) is 6.54 Å². The molecular weight excluding hydrogens is 246 g/mol. The molecule has 106 valence electrons. The molecule has 1 aliphatic rings. The predicted octanol–water partition coefficient (Wildman–Crippen LogP) is 1.71. The lowest BCUT2D eigenvalue weighted by atomic mass is 10.1. The highest BCUT2D eigenvalue weighted by atomic mass is 16.5. The normalized spacial score (nSPS) is 19.9. The Labute approximate surface area is 112 Å². The van der Waals surface area contributed by atoms with Crippen molar-refractivity contribution in [2.75, 3.05) is 13.1 Å². The number of unbranched alkanes of at least 4 members (excludes halogenated alkanes) is 1. The maximum atomic E-state index is 10.7. The Bertz CT molecular complexity index is 419. The van der Waals surface area contributed by atoms with E-state index in [4.69, 9.17) is 9.63 Å². The number of nitrogens with zero attached hydrogens (tertiary/aromatic N) is 3. The zero-order chi connectivity index (χ0) is 13.7. The highest BCUT2D eigenvalue weighted by molar-refractivity contribution is 5.67. The molecule has 1 aliphatic heterocycles. The summed E-state index contributed by atoms with van der Waals surface area (Å²) in [5, 5.41) is 12.7. The minimum Gasteiger partial charge on any atom is -0.481 e. The van der Waals surface area contributed by atoms with Crippen molar-refractivity contribution in [3.8, 4) is 0 Å². The number of hydrogen-bond donors (Lipinski definition) is 1. The zero-order valence-corrected chi connectivity index (χ0v) is 11.3. The van der Waals surface area contributed by atoms with E-state index in [2.05, 4.69) is 22.0 Å². The Balaban J connectivity index is 1.78. The number of carboxylic acid groups (broad SMARTS) is 1. The van der Waals surface area contributed by atoms with Crippen LogP contribution in [0.3, 0.4) is 0 Å². The van der Waals surface area contributed by atoms with Crippen LogP contribution in [0.4, 0.5) is 0 Å². The Hall–Kier alpha value is -1.43. The molecule has 0 bridgehead atoms. The standard InChI is InChI=1S/C13H21N3O3/c1-2-3-4-11-14-12(19-15-11)9-16-6-5-10(8-16)7-13(17)18/h10H,2-9H2,1H3,(H,17,18). The first-order valence-corrected chi connectivity index (χ1v) is 6.93. The van der Waals surface area contributed by atoms with Crippen LogP contribution < -0.4 is 0 Å². The molecule has 0 radical (unpaired) electrons. The number of carboxylic acids is 1. The van der Waals surface area contributed by atoms with Crippen LogP contribution in [0.1, 0.15) is 44.3 Å². The molecule has 1 N–H and O–H groups in total. The van der Waals surface area contributed by atoms with E-state index in [0.717, 1.165) is 44.6 Å². The van der Waals surface area contributed by atoms with Crippen LogP contribution in [0.5, 0.6) is 0 Å². The first-order valence-electron chi connectivity index (χ1n) is 6.93. The zero-order valence-electron chi connectivity index (χ0n) is 11.3. The topological polar surface area (TPSA) is 79.5 Å². The van der Waals surface area contributed by atoms with Gasteiger partial charge in [0, 0.05) is 19.4 Å². The predicted molar refractivity (Wildman–Crippen MR) is 68.5 cm³/mol. The molecule has 2 heterocycles. The Kier molecular flexibility index (Phi) is 4.90. The van der Waals surface area contributed by atoms with Crippen molar-refractivity contribution >= 4 is 5.97 Å². The molecule has 19 heavy (non-hydrogen) atoms. The summed E-state index contributed by atoms with van der Waals surface area (Å²) < 4.78 is 5.22. The first kappa shape index (κ1) is 14.0. The minimum absolute atomic E-state index is 0.250. The Morgan fingerprint density at radius 2 is 2.42 bits per heavy atom. The summed E-state index contributed by atoms with van der Waals surface area (Å²) in [6.45, 7) is 4.48. The number of carbonyl (C=O) groups is 1. The SMILES string of the molecule is CCCCc1noc(CN2CCC(CC(=O)O)C2)n1. The maximum absolute atomic E-state index is 10.7. The van der Waals surface area contributed by atoms with E-state index in [0.29, 0.717) is 12.4 Å². The van der Waals surface area contributed by atoms with Gasteiger partial charge in [-0.3, -0.25) is 9.69 Å². The van der Waals surface area contributed by atoms with Gasteiger partial charge in [-0.05, 0) is 25.3 Å². The molecule has 1 aromatic rings. The molecule has 6 nitrogen and oxygen atoms in total. The van der Waals surface area contributed by atoms with E-state index < -0.39 is 5.97 Å². The molecule has 1 unspecified atom stereocenters. The molecule has 0 aliphatic carbocycles. The van der Waals surface area contributed by atoms with Crippen LogP contribution in [0, 0.1) is 5.92 Å². The van der Waals surface area contributed by atoms with Crippen molar-refractivity contribution in [2.45, 2.75) is 45.6 Å². The van der Waals surface area contributed by atoms with E-state index in [-0.39, 0.29) is 12.3 Å². The molecule has 1 atom stereocenters. The van der Waals surface area contributed by atoms with Crippen LogP contribution in [-0.2, 0) is 17.8 Å². The summed E-state index contributed by atoms with van der Waals surface area (Å²) in [5.74, 6) is 0.951. The van der Waals surface area contributed by atoms with Crippen molar-refractivity contribution in [1.82, 2.24) is 15.0 Å². The van der Waals surface area contributed by atoms with Crippen molar-refractivity contribution < 1.29 is 14.4 Å². The smallest absolute Gasteiger partial charge is 0.303 e. The number of aromatic nitrogens is 2. The second-order valence-corrected chi connectivity index (χ2v) is 5.20. The average Bonchev–Trinajstić information content (AvgIpc) is 2.96. The largest absolute Gasteiger partial charge is 0.481 e. The van der Waals surface area contributed by atoms with Crippen molar-refractivity contribution in [1.29, 1.82) is 0 Å². The second kappa shape index (κ2) is 6.65. The molecule has 0 saturated carbocycles. The van der Waals surface area contributed by atoms with Crippen LogP contribution in [0.25, 0.3) is 0 Å². The van der Waals surface area contributed by atoms with Gasteiger partial charge in [-0.15, -0.1) is 0 Å². The molecule has 0 aromatic carbocycles. The van der Waals surface area contributed by atoms with Gasteiger partial charge < -0.3 is 9.63 Å². The lowest BCUT2D eigenvalue weighted by Gasteiger charge is -2.12. The van der Waals surface area contributed by atoms with Gasteiger partial charge in [0.1, 0.15) is 0 Å². The molecule has 0 amide bonds. The highest BCUT2D eigenvalue weighted by Crippen LogP contribution is 2.21. The molecule has 1 fully saturated rings. The third-order valence-electron chi connectivity index (χ3n) is 3.46. The number of aryl methyl sites for hydroxylation is 1. The summed E-state index contributed by atoms with van der Waals surface area (Å²) in [6, 6.07) is 0. The van der Waals surface area contributed by atoms with E-state index in [1.165, 1.54) is 0 Å².